The monoisotopic (exact) mass is 493 g/mol. The van der Waals surface area contributed by atoms with E-state index in [1.165, 1.54) is 23.9 Å². The zero-order chi connectivity index (χ0) is 25.1. The highest BCUT2D eigenvalue weighted by Gasteiger charge is 2.41. The summed E-state index contributed by atoms with van der Waals surface area (Å²) in [4.78, 5) is 32.6. The Kier molecular flexibility index (Phi) is 7.40. The van der Waals surface area contributed by atoms with E-state index in [0.29, 0.717) is 27.7 Å². The Balaban J connectivity index is 1.63. The lowest BCUT2D eigenvalue weighted by Gasteiger charge is -2.36. The number of benzene rings is 2. The van der Waals surface area contributed by atoms with Gasteiger partial charge in [-0.05, 0) is 56.4 Å². The number of hydrogen-bond acceptors (Lipinski definition) is 6. The topological polar surface area (TPSA) is 71.0 Å². The Morgan fingerprint density at radius 3 is 2.57 bits per heavy atom. The quantitative estimate of drug-likeness (QED) is 0.507. The molecule has 2 aliphatic heterocycles. The van der Waals surface area contributed by atoms with Crippen LogP contribution in [0.25, 0.3) is 0 Å². The van der Waals surface area contributed by atoms with Gasteiger partial charge in [-0.25, -0.2) is 14.2 Å². The summed E-state index contributed by atoms with van der Waals surface area (Å²) in [6, 6.07) is 15.0. The molecule has 6 nitrogen and oxygen atoms in total. The number of hydrogen-bond donors (Lipinski definition) is 1. The number of carbonyl (C=O) groups excluding carboxylic acids is 2. The minimum Gasteiger partial charge on any atom is -0.459 e. The molecule has 0 unspecified atom stereocenters. The van der Waals surface area contributed by atoms with Gasteiger partial charge in [-0.2, -0.15) is 0 Å². The summed E-state index contributed by atoms with van der Waals surface area (Å²) in [7, 11) is 0. The van der Waals surface area contributed by atoms with Crippen LogP contribution in [0.2, 0.25) is 0 Å². The Labute approximate surface area is 209 Å². The number of rotatable bonds is 7. The Morgan fingerprint density at radius 2 is 1.89 bits per heavy atom. The lowest BCUT2D eigenvalue weighted by molar-refractivity contribution is -0.143. The van der Waals surface area contributed by atoms with Crippen molar-refractivity contribution in [2.45, 2.75) is 52.3 Å². The molecule has 2 aliphatic rings. The summed E-state index contributed by atoms with van der Waals surface area (Å²) in [5.74, 6) is -1.08. The highest BCUT2D eigenvalue weighted by atomic mass is 32.2. The van der Waals surface area contributed by atoms with E-state index in [-0.39, 0.29) is 24.5 Å². The Morgan fingerprint density at radius 1 is 1.14 bits per heavy atom. The first kappa shape index (κ1) is 24.7. The molecule has 1 N–H and O–H groups in total. The molecule has 0 spiro atoms. The van der Waals surface area contributed by atoms with Crippen molar-refractivity contribution in [2.75, 3.05) is 0 Å². The maximum Gasteiger partial charge on any atom is 0.338 e. The number of nitrogens with zero attached hydrogens (tertiary/aromatic N) is 2. The first-order valence-corrected chi connectivity index (χ1v) is 12.4. The molecular weight excluding hydrogens is 465 g/mol. The number of amides is 1. The maximum atomic E-state index is 14.2. The summed E-state index contributed by atoms with van der Waals surface area (Å²) in [5, 5.41) is 5.53. The van der Waals surface area contributed by atoms with Gasteiger partial charge in [-0.3, -0.25) is 4.79 Å². The second-order valence-corrected chi connectivity index (χ2v) is 9.62. The van der Waals surface area contributed by atoms with Gasteiger partial charge in [-0.15, -0.1) is 0 Å². The summed E-state index contributed by atoms with van der Waals surface area (Å²) in [6.45, 7) is 7.23. The molecule has 2 aromatic rings. The van der Waals surface area contributed by atoms with Gasteiger partial charge < -0.3 is 15.0 Å². The first-order valence-electron chi connectivity index (χ1n) is 11.5. The molecule has 0 fully saturated rings. The van der Waals surface area contributed by atoms with Crippen molar-refractivity contribution >= 4 is 28.8 Å². The van der Waals surface area contributed by atoms with E-state index in [0.717, 1.165) is 5.56 Å². The number of aliphatic imine (C=N–C) groups is 1. The number of allylic oxidation sites excluding steroid dienone is 1. The van der Waals surface area contributed by atoms with Gasteiger partial charge >= 0.3 is 5.97 Å². The number of esters is 1. The lowest BCUT2D eigenvalue weighted by atomic mass is 9.93. The maximum absolute atomic E-state index is 14.2. The van der Waals surface area contributed by atoms with Crippen molar-refractivity contribution in [3.05, 3.63) is 93.9 Å². The van der Waals surface area contributed by atoms with Gasteiger partial charge in [0.1, 0.15) is 5.82 Å². The summed E-state index contributed by atoms with van der Waals surface area (Å²) in [5.41, 5.74) is 3.12. The average Bonchev–Trinajstić information content (AvgIpc) is 3.19. The fourth-order valence-corrected chi connectivity index (χ4v) is 5.15. The van der Waals surface area contributed by atoms with E-state index < -0.39 is 17.8 Å². The van der Waals surface area contributed by atoms with Gasteiger partial charge in [0.05, 0.1) is 35.9 Å². The molecule has 2 atom stereocenters. The Bertz CT molecular complexity index is 1220. The van der Waals surface area contributed by atoms with Gasteiger partial charge in [0.2, 0.25) is 5.91 Å². The molecule has 0 bridgehead atoms. The Hall–Kier alpha value is -3.39. The summed E-state index contributed by atoms with van der Waals surface area (Å²) in [6.07, 6.45) is -0.241. The molecule has 182 valence electrons. The van der Waals surface area contributed by atoms with Crippen molar-refractivity contribution in [1.82, 2.24) is 10.2 Å². The third-order valence-corrected chi connectivity index (χ3v) is 6.64. The van der Waals surface area contributed by atoms with Gasteiger partial charge in [0.15, 0.2) is 5.17 Å². The molecule has 0 saturated carbocycles. The zero-order valence-corrected chi connectivity index (χ0v) is 20.9. The average molecular weight is 494 g/mol. The number of amidine groups is 1. The van der Waals surface area contributed by atoms with E-state index in [1.807, 2.05) is 47.6 Å². The second kappa shape index (κ2) is 10.5. The molecule has 4 rings (SSSR count). The first-order chi connectivity index (χ1) is 16.7. The van der Waals surface area contributed by atoms with Crippen LogP contribution in [0.15, 0.2) is 82.0 Å². The normalized spacial score (nSPS) is 18.1. The number of fused-ring (bicyclic) bond motifs is 1. The smallest absolute Gasteiger partial charge is 0.338 e. The summed E-state index contributed by atoms with van der Waals surface area (Å²) >= 11 is 1.38. The van der Waals surface area contributed by atoms with E-state index in [4.69, 9.17) is 4.74 Å². The third kappa shape index (κ3) is 5.48. The van der Waals surface area contributed by atoms with Crippen LogP contribution < -0.4 is 5.32 Å². The molecule has 2 heterocycles. The minimum atomic E-state index is -0.662. The molecule has 0 aliphatic carbocycles. The fourth-order valence-electron chi connectivity index (χ4n) is 4.18. The molecule has 0 aromatic heterocycles. The van der Waals surface area contributed by atoms with Gasteiger partial charge in [0.25, 0.3) is 0 Å². The van der Waals surface area contributed by atoms with Gasteiger partial charge in [-0.1, -0.05) is 54.2 Å². The number of nitrogens with one attached hydrogen (secondary N) is 1. The van der Waals surface area contributed by atoms with E-state index in [2.05, 4.69) is 10.3 Å². The largest absolute Gasteiger partial charge is 0.459 e. The zero-order valence-electron chi connectivity index (χ0n) is 20.1. The van der Waals surface area contributed by atoms with E-state index in [9.17, 15) is 14.0 Å². The van der Waals surface area contributed by atoms with E-state index in [1.54, 1.807) is 32.9 Å². The van der Waals surface area contributed by atoms with E-state index >= 15 is 0 Å². The number of carbonyl (C=O) groups is 2. The molecular formula is C27H28FN3O3S. The van der Waals surface area contributed by atoms with Crippen molar-refractivity contribution in [3.63, 3.8) is 0 Å². The van der Waals surface area contributed by atoms with Crippen LogP contribution in [0.1, 0.15) is 57.3 Å². The standard InChI is InChI=1S/C27H28FN3O3S/c1-16(2)34-26(33)24-18(4)30-27-31(25(24)20-11-8-12-21(28)13-20)22(15-35-27)14-23(32)29-17(3)19-9-6-5-7-10-19/h5-13,15-17,25H,14H2,1-4H3,(H,29,32)/t17-,25+/m0/s1. The number of thioether (sulfide) groups is 1. The van der Waals surface area contributed by atoms with Gasteiger partial charge in [0, 0.05) is 5.70 Å². The van der Waals surface area contributed by atoms with Crippen molar-refractivity contribution < 1.29 is 18.7 Å². The van der Waals surface area contributed by atoms with Crippen LogP contribution >= 0.6 is 11.8 Å². The highest BCUT2D eigenvalue weighted by Crippen LogP contribution is 2.45. The number of halogens is 1. The molecule has 0 radical (unpaired) electrons. The van der Waals surface area contributed by atoms with Crippen LogP contribution in [-0.4, -0.2) is 28.0 Å². The van der Waals surface area contributed by atoms with Crippen LogP contribution in [0.4, 0.5) is 4.39 Å². The van der Waals surface area contributed by atoms with Crippen molar-refractivity contribution in [3.8, 4) is 0 Å². The predicted molar refractivity (Wildman–Crippen MR) is 136 cm³/mol. The SMILES string of the molecule is CC1=C(C(=O)OC(C)C)[C@@H](c2cccc(F)c2)N2C(CC(=O)N[C@@H](C)c3ccccc3)=CSC2=N1. The number of ether oxygens (including phenoxy) is 1. The summed E-state index contributed by atoms with van der Waals surface area (Å²) < 4.78 is 19.8. The predicted octanol–water partition coefficient (Wildman–Crippen LogP) is 5.62. The molecule has 2 aromatic carbocycles. The lowest BCUT2D eigenvalue weighted by Crippen LogP contribution is -2.38. The fraction of sp³-hybridized carbons (Fsp3) is 0.296. The van der Waals surface area contributed by atoms with Crippen molar-refractivity contribution in [1.29, 1.82) is 0 Å². The van der Waals surface area contributed by atoms with Crippen molar-refractivity contribution in [2.24, 2.45) is 4.99 Å². The molecule has 35 heavy (non-hydrogen) atoms. The molecule has 8 heteroatoms. The third-order valence-electron chi connectivity index (χ3n) is 5.75. The van der Waals surface area contributed by atoms with Crippen LogP contribution in [0.5, 0.6) is 0 Å². The van der Waals surface area contributed by atoms with Crippen LogP contribution in [0, 0.1) is 5.82 Å². The van der Waals surface area contributed by atoms with Crippen LogP contribution in [0.3, 0.4) is 0 Å². The molecule has 1 amide bonds. The van der Waals surface area contributed by atoms with Crippen LogP contribution in [-0.2, 0) is 14.3 Å². The second-order valence-electron chi connectivity index (χ2n) is 8.78. The minimum absolute atomic E-state index is 0.0839. The molecule has 0 saturated heterocycles. The highest BCUT2D eigenvalue weighted by molar-refractivity contribution is 8.16.